The Hall–Kier alpha value is -0.930. The molecule has 1 saturated heterocycles. The zero-order valence-corrected chi connectivity index (χ0v) is 11.7. The maximum atomic E-state index is 12.4. The van der Waals surface area contributed by atoms with E-state index in [-0.39, 0.29) is 5.91 Å². The van der Waals surface area contributed by atoms with Crippen LogP contribution in [-0.4, -0.2) is 36.9 Å². The summed E-state index contributed by atoms with van der Waals surface area (Å²) in [6.45, 7) is 1.47. The molecule has 0 spiro atoms. The number of rotatable bonds is 3. The monoisotopic (exact) mass is 287 g/mol. The van der Waals surface area contributed by atoms with Crippen molar-refractivity contribution in [3.8, 4) is 5.75 Å². The van der Waals surface area contributed by atoms with E-state index in [4.69, 9.17) is 27.9 Å². The van der Waals surface area contributed by atoms with Crippen molar-refractivity contribution in [1.29, 1.82) is 0 Å². The van der Waals surface area contributed by atoms with Gasteiger partial charge in [-0.2, -0.15) is 0 Å². The molecule has 98 valence electrons. The van der Waals surface area contributed by atoms with Crippen molar-refractivity contribution in [3.05, 3.63) is 28.8 Å². The topological polar surface area (TPSA) is 29.5 Å². The predicted octanol–water partition coefficient (Wildman–Crippen LogP) is 3.05. The minimum absolute atomic E-state index is 0.0175. The first kappa shape index (κ1) is 13.5. The fourth-order valence-electron chi connectivity index (χ4n) is 2.16. The summed E-state index contributed by atoms with van der Waals surface area (Å²) < 4.78 is 5.20. The summed E-state index contributed by atoms with van der Waals surface area (Å²) in [5.74, 6) is 1.49. The second-order valence-electron chi connectivity index (χ2n) is 4.40. The summed E-state index contributed by atoms with van der Waals surface area (Å²) in [6, 6.07) is 5.06. The fourth-order valence-corrected chi connectivity index (χ4v) is 2.57. The number of carbonyl (C=O) groups is 1. The van der Waals surface area contributed by atoms with Crippen molar-refractivity contribution < 1.29 is 9.53 Å². The lowest BCUT2D eigenvalue weighted by Gasteiger charge is -2.18. The smallest absolute Gasteiger partial charge is 0.257 e. The highest BCUT2D eigenvalue weighted by Gasteiger charge is 2.27. The van der Waals surface area contributed by atoms with Gasteiger partial charge in [-0.15, -0.1) is 11.6 Å². The maximum Gasteiger partial charge on any atom is 0.257 e. The van der Waals surface area contributed by atoms with Crippen LogP contribution in [0.4, 0.5) is 0 Å². The summed E-state index contributed by atoms with van der Waals surface area (Å²) in [5, 5.41) is 0.559. The Morgan fingerprint density at radius 1 is 1.56 bits per heavy atom. The maximum absolute atomic E-state index is 12.4. The Kier molecular flexibility index (Phi) is 4.36. The number of benzene rings is 1. The van der Waals surface area contributed by atoms with Crippen LogP contribution in [-0.2, 0) is 0 Å². The second kappa shape index (κ2) is 5.81. The van der Waals surface area contributed by atoms with E-state index in [2.05, 4.69) is 0 Å². The highest BCUT2D eigenvalue weighted by molar-refractivity contribution is 6.30. The van der Waals surface area contributed by atoms with Gasteiger partial charge in [0.05, 0.1) is 12.7 Å². The zero-order chi connectivity index (χ0) is 13.1. The number of likely N-dealkylation sites (tertiary alicyclic amines) is 1. The van der Waals surface area contributed by atoms with Gasteiger partial charge >= 0.3 is 0 Å². The van der Waals surface area contributed by atoms with E-state index in [1.807, 2.05) is 4.90 Å². The Balaban J connectivity index is 2.19. The SMILES string of the molecule is COc1cc(Cl)ccc1C(=O)N1CCC(CCl)C1. The molecule has 18 heavy (non-hydrogen) atoms. The van der Waals surface area contributed by atoms with E-state index in [0.717, 1.165) is 13.0 Å². The van der Waals surface area contributed by atoms with Crippen LogP contribution >= 0.6 is 23.2 Å². The number of nitrogens with zero attached hydrogens (tertiary/aromatic N) is 1. The Morgan fingerprint density at radius 2 is 2.33 bits per heavy atom. The molecule has 1 aromatic carbocycles. The molecule has 1 amide bonds. The van der Waals surface area contributed by atoms with Crippen LogP contribution in [0.25, 0.3) is 0 Å². The van der Waals surface area contributed by atoms with E-state index in [9.17, 15) is 4.79 Å². The highest BCUT2D eigenvalue weighted by atomic mass is 35.5. The van der Waals surface area contributed by atoms with Gasteiger partial charge in [-0.3, -0.25) is 4.79 Å². The summed E-state index contributed by atoms with van der Waals surface area (Å²) in [5.41, 5.74) is 0.553. The molecule has 0 bridgehead atoms. The number of hydrogen-bond acceptors (Lipinski definition) is 2. The van der Waals surface area contributed by atoms with Crippen LogP contribution in [0.15, 0.2) is 18.2 Å². The molecule has 0 N–H and O–H groups in total. The molecule has 3 nitrogen and oxygen atoms in total. The zero-order valence-electron chi connectivity index (χ0n) is 10.2. The van der Waals surface area contributed by atoms with E-state index in [1.165, 1.54) is 7.11 Å². The number of methoxy groups -OCH3 is 1. The number of alkyl halides is 1. The summed E-state index contributed by atoms with van der Waals surface area (Å²) in [6.07, 6.45) is 0.963. The van der Waals surface area contributed by atoms with Crippen LogP contribution < -0.4 is 4.74 Å². The van der Waals surface area contributed by atoms with E-state index >= 15 is 0 Å². The molecule has 1 unspecified atom stereocenters. The molecule has 0 aromatic heterocycles. The Labute approximate surface area is 117 Å². The van der Waals surface area contributed by atoms with E-state index < -0.39 is 0 Å². The molecular weight excluding hydrogens is 273 g/mol. The molecule has 1 heterocycles. The lowest BCUT2D eigenvalue weighted by molar-refractivity contribution is 0.0785. The number of amides is 1. The molecule has 1 aliphatic heterocycles. The number of carbonyl (C=O) groups excluding carboxylic acids is 1. The number of hydrogen-bond donors (Lipinski definition) is 0. The van der Waals surface area contributed by atoms with E-state index in [0.29, 0.717) is 34.7 Å². The van der Waals surface area contributed by atoms with Crippen LogP contribution in [0.1, 0.15) is 16.8 Å². The van der Waals surface area contributed by atoms with Gasteiger partial charge in [0, 0.05) is 24.0 Å². The molecule has 0 aliphatic carbocycles. The van der Waals surface area contributed by atoms with Gasteiger partial charge in [0.25, 0.3) is 5.91 Å². The summed E-state index contributed by atoms with van der Waals surface area (Å²) >= 11 is 11.7. The molecule has 5 heteroatoms. The first-order valence-electron chi connectivity index (χ1n) is 5.84. The van der Waals surface area contributed by atoms with Crippen molar-refractivity contribution >= 4 is 29.1 Å². The molecule has 2 rings (SSSR count). The lowest BCUT2D eigenvalue weighted by Crippen LogP contribution is -2.29. The first-order chi connectivity index (χ1) is 8.65. The molecule has 0 radical (unpaired) electrons. The van der Waals surface area contributed by atoms with Gasteiger partial charge in [0.15, 0.2) is 0 Å². The third kappa shape index (κ3) is 2.73. The van der Waals surface area contributed by atoms with Gasteiger partial charge in [-0.25, -0.2) is 0 Å². The van der Waals surface area contributed by atoms with Crippen molar-refractivity contribution in [2.75, 3.05) is 26.1 Å². The molecular formula is C13H15Cl2NO2. The Bertz CT molecular complexity index is 451. The predicted molar refractivity (Wildman–Crippen MR) is 72.7 cm³/mol. The van der Waals surface area contributed by atoms with Gasteiger partial charge < -0.3 is 9.64 Å². The first-order valence-corrected chi connectivity index (χ1v) is 6.75. The van der Waals surface area contributed by atoms with Crippen LogP contribution in [0.5, 0.6) is 5.75 Å². The van der Waals surface area contributed by atoms with Crippen LogP contribution in [0.2, 0.25) is 5.02 Å². The minimum Gasteiger partial charge on any atom is -0.496 e. The second-order valence-corrected chi connectivity index (χ2v) is 5.15. The molecule has 1 aromatic rings. The van der Waals surface area contributed by atoms with E-state index in [1.54, 1.807) is 18.2 Å². The van der Waals surface area contributed by atoms with Crippen molar-refractivity contribution in [2.45, 2.75) is 6.42 Å². The summed E-state index contributed by atoms with van der Waals surface area (Å²) in [7, 11) is 1.54. The van der Waals surface area contributed by atoms with Crippen LogP contribution in [0.3, 0.4) is 0 Å². The molecule has 0 saturated carbocycles. The minimum atomic E-state index is -0.0175. The number of ether oxygens (including phenoxy) is 1. The third-order valence-electron chi connectivity index (χ3n) is 3.19. The number of halogens is 2. The average Bonchev–Trinajstić information content (AvgIpc) is 2.86. The molecule has 1 aliphatic rings. The average molecular weight is 288 g/mol. The van der Waals surface area contributed by atoms with Gasteiger partial charge in [-0.05, 0) is 30.5 Å². The van der Waals surface area contributed by atoms with Crippen molar-refractivity contribution in [2.24, 2.45) is 5.92 Å². The van der Waals surface area contributed by atoms with Gasteiger partial charge in [0.1, 0.15) is 5.75 Å². The Morgan fingerprint density at radius 3 is 2.94 bits per heavy atom. The lowest BCUT2D eigenvalue weighted by atomic mass is 10.1. The van der Waals surface area contributed by atoms with Gasteiger partial charge in [-0.1, -0.05) is 11.6 Å². The largest absolute Gasteiger partial charge is 0.496 e. The fraction of sp³-hybridized carbons (Fsp3) is 0.462. The summed E-state index contributed by atoms with van der Waals surface area (Å²) in [4.78, 5) is 14.2. The van der Waals surface area contributed by atoms with Gasteiger partial charge in [0.2, 0.25) is 0 Å². The third-order valence-corrected chi connectivity index (χ3v) is 3.86. The van der Waals surface area contributed by atoms with Crippen molar-refractivity contribution in [1.82, 2.24) is 4.90 Å². The molecule has 1 atom stereocenters. The normalized spacial score (nSPS) is 19.1. The highest BCUT2D eigenvalue weighted by Crippen LogP contribution is 2.27. The standard InChI is InChI=1S/C13H15Cl2NO2/c1-18-12-6-10(15)2-3-11(12)13(17)16-5-4-9(7-14)8-16/h2-3,6,9H,4-5,7-8H2,1H3. The van der Waals surface area contributed by atoms with Crippen molar-refractivity contribution in [3.63, 3.8) is 0 Å². The molecule has 1 fully saturated rings. The van der Waals surface area contributed by atoms with Crippen LogP contribution in [0, 0.1) is 5.92 Å². The quantitative estimate of drug-likeness (QED) is 0.800.